The predicted octanol–water partition coefficient (Wildman–Crippen LogP) is 3.19. The topological polar surface area (TPSA) is 12.0 Å². The van der Waals surface area contributed by atoms with Crippen molar-refractivity contribution in [3.05, 3.63) is 41.9 Å². The summed E-state index contributed by atoms with van der Waals surface area (Å²) >= 11 is 0. The van der Waals surface area contributed by atoms with Gasteiger partial charge in [0.05, 0.1) is 0 Å². The van der Waals surface area contributed by atoms with Crippen molar-refractivity contribution in [3.63, 3.8) is 0 Å². The average Bonchev–Trinajstić information content (AvgIpc) is 2.15. The molecule has 3 rings (SSSR count). The van der Waals surface area contributed by atoms with Crippen molar-refractivity contribution < 1.29 is 4.39 Å². The normalized spacial score (nSPS) is 21.2. The molecule has 0 atom stereocenters. The molecule has 1 aliphatic carbocycles. The summed E-state index contributed by atoms with van der Waals surface area (Å²) in [5, 5.41) is 3.11. The van der Waals surface area contributed by atoms with Crippen molar-refractivity contribution in [1.29, 1.82) is 0 Å². The number of halogens is 1. The molecule has 0 aromatic heterocycles. The maximum Gasteiger partial charge on any atom is 0.129 e. The van der Waals surface area contributed by atoms with E-state index in [0.29, 0.717) is 0 Å². The van der Waals surface area contributed by atoms with Gasteiger partial charge in [0, 0.05) is 16.7 Å². The summed E-state index contributed by atoms with van der Waals surface area (Å²) in [5.41, 5.74) is 1.81. The van der Waals surface area contributed by atoms with E-state index >= 15 is 0 Å². The van der Waals surface area contributed by atoms with Crippen LogP contribution in [0, 0.1) is 5.82 Å². The molecular formula is C12H12FN. The SMILES string of the molecule is Fc1cccc2c1C1(C=CN2)CCC1. The Bertz CT molecular complexity index is 405. The van der Waals surface area contributed by atoms with Crippen LogP contribution >= 0.6 is 0 Å². The third-order valence-electron chi connectivity index (χ3n) is 3.40. The molecule has 0 saturated heterocycles. The van der Waals surface area contributed by atoms with Crippen LogP contribution in [-0.2, 0) is 5.41 Å². The number of anilines is 1. The Morgan fingerprint density at radius 1 is 1.29 bits per heavy atom. The zero-order chi connectivity index (χ0) is 9.60. The van der Waals surface area contributed by atoms with Crippen LogP contribution < -0.4 is 5.32 Å². The van der Waals surface area contributed by atoms with E-state index in [4.69, 9.17) is 0 Å². The molecular weight excluding hydrogens is 177 g/mol. The molecule has 0 bridgehead atoms. The summed E-state index contributed by atoms with van der Waals surface area (Å²) in [4.78, 5) is 0. The molecule has 1 saturated carbocycles. The molecule has 1 spiro atoms. The van der Waals surface area contributed by atoms with Crippen LogP contribution in [0.25, 0.3) is 0 Å². The van der Waals surface area contributed by atoms with Crippen molar-refractivity contribution in [1.82, 2.24) is 0 Å². The number of hydrogen-bond donors (Lipinski definition) is 1. The van der Waals surface area contributed by atoms with E-state index < -0.39 is 0 Å². The van der Waals surface area contributed by atoms with Crippen molar-refractivity contribution in [2.24, 2.45) is 0 Å². The molecule has 0 unspecified atom stereocenters. The standard InChI is InChI=1S/C12H12FN/c13-9-3-1-4-10-11(9)12(5-2-6-12)7-8-14-10/h1,3-4,7-8,14H,2,5-6H2. The van der Waals surface area contributed by atoms with Crippen molar-refractivity contribution in [2.75, 3.05) is 5.32 Å². The summed E-state index contributed by atoms with van der Waals surface area (Å²) in [5.74, 6) is -0.0703. The molecule has 1 aromatic carbocycles. The molecule has 1 heterocycles. The Morgan fingerprint density at radius 3 is 2.86 bits per heavy atom. The molecule has 0 amide bonds. The fourth-order valence-electron chi connectivity index (χ4n) is 2.50. The second-order valence-corrected chi connectivity index (χ2v) is 4.15. The lowest BCUT2D eigenvalue weighted by Gasteiger charge is -2.43. The summed E-state index contributed by atoms with van der Waals surface area (Å²) in [6.45, 7) is 0. The molecule has 72 valence electrons. The largest absolute Gasteiger partial charge is 0.362 e. The minimum Gasteiger partial charge on any atom is -0.362 e. The van der Waals surface area contributed by atoms with Gasteiger partial charge in [-0.1, -0.05) is 18.6 Å². The Labute approximate surface area is 82.6 Å². The van der Waals surface area contributed by atoms with Crippen molar-refractivity contribution in [2.45, 2.75) is 24.7 Å². The van der Waals surface area contributed by atoms with Crippen LogP contribution in [0.5, 0.6) is 0 Å². The molecule has 2 heteroatoms. The predicted molar refractivity (Wildman–Crippen MR) is 54.7 cm³/mol. The van der Waals surface area contributed by atoms with Crippen molar-refractivity contribution >= 4 is 5.69 Å². The summed E-state index contributed by atoms with van der Waals surface area (Å²) in [6, 6.07) is 5.26. The first kappa shape index (κ1) is 8.04. The smallest absolute Gasteiger partial charge is 0.129 e. The van der Waals surface area contributed by atoms with Gasteiger partial charge in [-0.3, -0.25) is 0 Å². The molecule has 0 radical (unpaired) electrons. The van der Waals surface area contributed by atoms with Gasteiger partial charge in [-0.2, -0.15) is 0 Å². The van der Waals surface area contributed by atoms with Gasteiger partial charge in [0.2, 0.25) is 0 Å². The number of nitrogens with one attached hydrogen (secondary N) is 1. The first-order valence-corrected chi connectivity index (χ1v) is 5.05. The number of allylic oxidation sites excluding steroid dienone is 1. The first-order chi connectivity index (χ1) is 6.82. The van der Waals surface area contributed by atoms with Gasteiger partial charge in [-0.15, -0.1) is 0 Å². The zero-order valence-corrected chi connectivity index (χ0v) is 7.89. The average molecular weight is 189 g/mol. The highest BCUT2D eigenvalue weighted by Gasteiger charge is 2.41. The molecule has 2 aliphatic rings. The van der Waals surface area contributed by atoms with Gasteiger partial charge in [0.25, 0.3) is 0 Å². The third-order valence-corrected chi connectivity index (χ3v) is 3.40. The van der Waals surface area contributed by atoms with Crippen LogP contribution in [-0.4, -0.2) is 0 Å². The first-order valence-electron chi connectivity index (χ1n) is 5.05. The van der Waals surface area contributed by atoms with Crippen LogP contribution in [0.2, 0.25) is 0 Å². The Balaban J connectivity index is 2.21. The summed E-state index contributed by atoms with van der Waals surface area (Å²) in [7, 11) is 0. The van der Waals surface area contributed by atoms with Crippen LogP contribution in [0.1, 0.15) is 24.8 Å². The van der Waals surface area contributed by atoms with Crippen molar-refractivity contribution in [3.8, 4) is 0 Å². The lowest BCUT2D eigenvalue weighted by atomic mass is 9.63. The highest BCUT2D eigenvalue weighted by Crippen LogP contribution is 2.50. The van der Waals surface area contributed by atoms with Gasteiger partial charge in [0.15, 0.2) is 0 Å². The Kier molecular flexibility index (Phi) is 1.49. The third kappa shape index (κ3) is 0.884. The van der Waals surface area contributed by atoms with E-state index in [-0.39, 0.29) is 11.2 Å². The lowest BCUT2D eigenvalue weighted by molar-refractivity contribution is 0.302. The quantitative estimate of drug-likeness (QED) is 0.661. The number of hydrogen-bond acceptors (Lipinski definition) is 1. The Morgan fingerprint density at radius 2 is 2.14 bits per heavy atom. The summed E-state index contributed by atoms with van der Waals surface area (Å²) in [6.07, 6.45) is 7.43. The fourth-order valence-corrected chi connectivity index (χ4v) is 2.50. The monoisotopic (exact) mass is 189 g/mol. The van der Waals surface area contributed by atoms with Crippen LogP contribution in [0.4, 0.5) is 10.1 Å². The van der Waals surface area contributed by atoms with Gasteiger partial charge >= 0.3 is 0 Å². The molecule has 1 nitrogen and oxygen atoms in total. The molecule has 1 aromatic rings. The van der Waals surface area contributed by atoms with Crippen LogP contribution in [0.15, 0.2) is 30.5 Å². The molecule has 14 heavy (non-hydrogen) atoms. The Hall–Kier alpha value is -1.31. The highest BCUT2D eigenvalue weighted by molar-refractivity contribution is 5.62. The zero-order valence-electron chi connectivity index (χ0n) is 7.89. The van der Waals surface area contributed by atoms with E-state index in [1.807, 2.05) is 12.3 Å². The van der Waals surface area contributed by atoms with Gasteiger partial charge < -0.3 is 5.32 Å². The van der Waals surface area contributed by atoms with E-state index in [9.17, 15) is 4.39 Å². The molecule has 1 fully saturated rings. The number of benzene rings is 1. The maximum atomic E-state index is 13.7. The fraction of sp³-hybridized carbons (Fsp3) is 0.333. The van der Waals surface area contributed by atoms with E-state index in [1.54, 1.807) is 12.1 Å². The molecule has 1 N–H and O–H groups in total. The minimum absolute atomic E-state index is 0.00588. The van der Waals surface area contributed by atoms with Gasteiger partial charge in [-0.05, 0) is 31.2 Å². The number of fused-ring (bicyclic) bond motifs is 2. The summed E-state index contributed by atoms with van der Waals surface area (Å²) < 4.78 is 13.7. The van der Waals surface area contributed by atoms with E-state index in [1.165, 1.54) is 6.42 Å². The van der Waals surface area contributed by atoms with Gasteiger partial charge in [0.1, 0.15) is 5.82 Å². The van der Waals surface area contributed by atoms with E-state index in [2.05, 4.69) is 11.4 Å². The lowest BCUT2D eigenvalue weighted by Crippen LogP contribution is -2.35. The van der Waals surface area contributed by atoms with E-state index in [0.717, 1.165) is 24.1 Å². The maximum absolute atomic E-state index is 13.7. The highest BCUT2D eigenvalue weighted by atomic mass is 19.1. The molecule has 1 aliphatic heterocycles. The number of rotatable bonds is 0. The second-order valence-electron chi connectivity index (χ2n) is 4.15. The van der Waals surface area contributed by atoms with Gasteiger partial charge in [-0.25, -0.2) is 4.39 Å². The van der Waals surface area contributed by atoms with Crippen LogP contribution in [0.3, 0.4) is 0 Å². The second kappa shape index (κ2) is 2.59. The minimum atomic E-state index is -0.0703.